The van der Waals surface area contributed by atoms with Crippen molar-refractivity contribution in [3.05, 3.63) is 60.2 Å². The molecule has 136 valence electrons. The first kappa shape index (κ1) is 18.1. The second-order valence-corrected chi connectivity index (χ2v) is 8.67. The summed E-state index contributed by atoms with van der Waals surface area (Å²) in [7, 11) is -3.83. The molecule has 3 rings (SSSR count). The highest BCUT2D eigenvalue weighted by atomic mass is 32.2. The number of carbonyl (C=O) groups is 2. The Morgan fingerprint density at radius 2 is 1.50 bits per heavy atom. The molecule has 0 bridgehead atoms. The second-order valence-electron chi connectivity index (χ2n) is 6.41. The van der Waals surface area contributed by atoms with Gasteiger partial charge in [-0.1, -0.05) is 31.0 Å². The van der Waals surface area contributed by atoms with E-state index in [-0.39, 0.29) is 17.7 Å². The molecule has 1 fully saturated rings. The first-order valence-corrected chi connectivity index (χ1v) is 9.86. The van der Waals surface area contributed by atoms with Crippen LogP contribution in [0.1, 0.15) is 36.0 Å². The standard InChI is InChI=1S/C19H20N2O4S/c20-17(22)14-8-10-15(11-9-14)21-18(23)19(12-4-5-13-19)26(24,25)16-6-2-1-3-7-16/h1-3,6-11H,4-5,12-13H2,(H2,20,22)(H,21,23). The van der Waals surface area contributed by atoms with Gasteiger partial charge in [-0.15, -0.1) is 0 Å². The Balaban J connectivity index is 1.92. The summed E-state index contributed by atoms with van der Waals surface area (Å²) in [6, 6.07) is 14.1. The molecule has 1 aliphatic rings. The van der Waals surface area contributed by atoms with Crippen molar-refractivity contribution in [2.45, 2.75) is 35.3 Å². The van der Waals surface area contributed by atoms with E-state index in [9.17, 15) is 18.0 Å². The van der Waals surface area contributed by atoms with Crippen LogP contribution in [0, 0.1) is 0 Å². The van der Waals surface area contributed by atoms with Crippen molar-refractivity contribution in [2.24, 2.45) is 5.73 Å². The van der Waals surface area contributed by atoms with E-state index < -0.39 is 26.4 Å². The summed E-state index contributed by atoms with van der Waals surface area (Å²) in [5.41, 5.74) is 5.94. The van der Waals surface area contributed by atoms with Crippen LogP contribution in [0.3, 0.4) is 0 Å². The van der Waals surface area contributed by atoms with Crippen molar-refractivity contribution in [3.63, 3.8) is 0 Å². The fraction of sp³-hybridized carbons (Fsp3) is 0.263. The van der Waals surface area contributed by atoms with E-state index in [1.807, 2.05) is 0 Å². The minimum atomic E-state index is -3.83. The second kappa shape index (κ2) is 6.92. The van der Waals surface area contributed by atoms with Crippen molar-refractivity contribution in [1.29, 1.82) is 0 Å². The van der Waals surface area contributed by atoms with Gasteiger partial charge in [0, 0.05) is 11.3 Å². The van der Waals surface area contributed by atoms with Gasteiger partial charge >= 0.3 is 0 Å². The minimum absolute atomic E-state index is 0.154. The molecule has 2 amide bonds. The topological polar surface area (TPSA) is 106 Å². The maximum absolute atomic E-state index is 13.2. The lowest BCUT2D eigenvalue weighted by Crippen LogP contribution is -2.47. The minimum Gasteiger partial charge on any atom is -0.366 e. The van der Waals surface area contributed by atoms with Crippen LogP contribution in [0.5, 0.6) is 0 Å². The van der Waals surface area contributed by atoms with Crippen LogP contribution in [0.25, 0.3) is 0 Å². The molecule has 6 nitrogen and oxygen atoms in total. The molecule has 0 aromatic heterocycles. The van der Waals surface area contributed by atoms with E-state index in [1.165, 1.54) is 36.4 Å². The van der Waals surface area contributed by atoms with Gasteiger partial charge < -0.3 is 11.1 Å². The van der Waals surface area contributed by atoms with Crippen LogP contribution in [-0.2, 0) is 14.6 Å². The maximum atomic E-state index is 13.2. The third kappa shape index (κ3) is 3.10. The fourth-order valence-corrected chi connectivity index (χ4v) is 5.44. The number of benzene rings is 2. The lowest BCUT2D eigenvalue weighted by atomic mass is 10.1. The maximum Gasteiger partial charge on any atom is 0.248 e. The fourth-order valence-electron chi connectivity index (χ4n) is 3.35. The molecular formula is C19H20N2O4S. The summed E-state index contributed by atoms with van der Waals surface area (Å²) < 4.78 is 24.9. The molecule has 26 heavy (non-hydrogen) atoms. The van der Waals surface area contributed by atoms with Gasteiger partial charge in [-0.05, 0) is 49.2 Å². The van der Waals surface area contributed by atoms with Gasteiger partial charge in [0.05, 0.1) is 4.90 Å². The molecule has 0 aliphatic heterocycles. The summed E-state index contributed by atoms with van der Waals surface area (Å²) >= 11 is 0. The van der Waals surface area contributed by atoms with E-state index >= 15 is 0 Å². The van der Waals surface area contributed by atoms with Crippen molar-refractivity contribution in [1.82, 2.24) is 0 Å². The Hall–Kier alpha value is -2.67. The van der Waals surface area contributed by atoms with E-state index in [0.717, 1.165) is 0 Å². The lowest BCUT2D eigenvalue weighted by Gasteiger charge is -2.27. The van der Waals surface area contributed by atoms with Crippen molar-refractivity contribution >= 4 is 27.3 Å². The van der Waals surface area contributed by atoms with Gasteiger partial charge in [0.1, 0.15) is 0 Å². The molecule has 0 saturated heterocycles. The van der Waals surface area contributed by atoms with Crippen molar-refractivity contribution in [2.75, 3.05) is 5.32 Å². The van der Waals surface area contributed by atoms with Crippen LogP contribution < -0.4 is 11.1 Å². The number of carbonyl (C=O) groups excluding carboxylic acids is 2. The molecule has 1 saturated carbocycles. The highest BCUT2D eigenvalue weighted by Gasteiger charge is 2.52. The average Bonchev–Trinajstić information content (AvgIpc) is 3.15. The van der Waals surface area contributed by atoms with E-state index in [2.05, 4.69) is 5.32 Å². The number of nitrogens with one attached hydrogen (secondary N) is 1. The van der Waals surface area contributed by atoms with Gasteiger partial charge in [-0.25, -0.2) is 8.42 Å². The Kier molecular flexibility index (Phi) is 4.82. The Morgan fingerprint density at radius 3 is 2.04 bits per heavy atom. The number of hydrogen-bond acceptors (Lipinski definition) is 4. The van der Waals surface area contributed by atoms with Gasteiger partial charge in [-0.2, -0.15) is 0 Å². The molecule has 0 atom stereocenters. The van der Waals surface area contributed by atoms with Crippen LogP contribution in [0.4, 0.5) is 5.69 Å². The monoisotopic (exact) mass is 372 g/mol. The van der Waals surface area contributed by atoms with Crippen LogP contribution >= 0.6 is 0 Å². The van der Waals surface area contributed by atoms with Crippen LogP contribution in [-0.4, -0.2) is 25.0 Å². The van der Waals surface area contributed by atoms with Gasteiger partial charge in [-0.3, -0.25) is 9.59 Å². The molecule has 2 aromatic rings. The molecule has 0 spiro atoms. The first-order valence-electron chi connectivity index (χ1n) is 8.38. The van der Waals surface area contributed by atoms with E-state index in [4.69, 9.17) is 5.73 Å². The molecule has 2 aromatic carbocycles. The largest absolute Gasteiger partial charge is 0.366 e. The SMILES string of the molecule is NC(=O)c1ccc(NC(=O)C2(S(=O)(=O)c3ccccc3)CCCC2)cc1. The van der Waals surface area contributed by atoms with Crippen LogP contribution in [0.2, 0.25) is 0 Å². The quantitative estimate of drug-likeness (QED) is 0.841. The Labute approximate surface area is 152 Å². The molecule has 3 N–H and O–H groups in total. The number of hydrogen-bond donors (Lipinski definition) is 2. The third-order valence-electron chi connectivity index (χ3n) is 4.82. The van der Waals surface area contributed by atoms with Gasteiger partial charge in [0.15, 0.2) is 14.6 Å². The third-order valence-corrected chi connectivity index (χ3v) is 7.34. The van der Waals surface area contributed by atoms with Crippen LogP contribution in [0.15, 0.2) is 59.5 Å². The summed E-state index contributed by atoms with van der Waals surface area (Å²) in [5, 5.41) is 2.70. The smallest absolute Gasteiger partial charge is 0.248 e. The van der Waals surface area contributed by atoms with Gasteiger partial charge in [0.25, 0.3) is 0 Å². The summed E-state index contributed by atoms with van der Waals surface area (Å²) in [5.74, 6) is -1.10. The molecule has 0 radical (unpaired) electrons. The zero-order valence-corrected chi connectivity index (χ0v) is 15.0. The zero-order valence-electron chi connectivity index (χ0n) is 14.1. The van der Waals surface area contributed by atoms with Crippen molar-refractivity contribution in [3.8, 4) is 0 Å². The highest BCUT2D eigenvalue weighted by molar-refractivity contribution is 7.93. The molecule has 7 heteroatoms. The number of nitrogens with two attached hydrogens (primary N) is 1. The Morgan fingerprint density at radius 1 is 0.923 bits per heavy atom. The summed E-state index contributed by atoms with van der Waals surface area (Å²) in [6.07, 6.45) is 1.94. The molecular weight excluding hydrogens is 352 g/mol. The number of rotatable bonds is 5. The van der Waals surface area contributed by atoms with Crippen molar-refractivity contribution < 1.29 is 18.0 Å². The highest BCUT2D eigenvalue weighted by Crippen LogP contribution is 2.41. The lowest BCUT2D eigenvalue weighted by molar-refractivity contribution is -0.118. The predicted molar refractivity (Wildman–Crippen MR) is 98.4 cm³/mol. The number of amides is 2. The molecule has 0 heterocycles. The van der Waals surface area contributed by atoms with Gasteiger partial charge in [0.2, 0.25) is 11.8 Å². The van der Waals surface area contributed by atoms with E-state index in [1.54, 1.807) is 18.2 Å². The Bertz CT molecular complexity index is 916. The summed E-state index contributed by atoms with van der Waals surface area (Å²) in [6.45, 7) is 0. The number of primary amides is 1. The average molecular weight is 372 g/mol. The normalized spacial score (nSPS) is 16.2. The summed E-state index contributed by atoms with van der Waals surface area (Å²) in [4.78, 5) is 24.3. The molecule has 0 unspecified atom stereocenters. The number of sulfone groups is 1. The first-order chi connectivity index (χ1) is 12.4. The predicted octanol–water partition coefficient (Wildman–Crippen LogP) is 2.51. The number of anilines is 1. The van der Waals surface area contributed by atoms with E-state index in [0.29, 0.717) is 24.1 Å². The zero-order chi connectivity index (χ0) is 18.8. The molecule has 1 aliphatic carbocycles.